The number of carbonyl (C=O) groups excluding carboxylic acids is 1. The number of hydrogen-bond donors (Lipinski definition) is 2. The quantitative estimate of drug-likeness (QED) is 0.101. The fraction of sp³-hybridized carbons (Fsp3) is 0.500. The number of benzene rings is 2. The molecule has 274 valence electrons. The average Bonchev–Trinajstić information content (AvgIpc) is 3.68. The van der Waals surface area contributed by atoms with Crippen molar-refractivity contribution in [1.29, 1.82) is 0 Å². The van der Waals surface area contributed by atoms with Crippen molar-refractivity contribution in [3.05, 3.63) is 56.8 Å². The summed E-state index contributed by atoms with van der Waals surface area (Å²) in [6.45, 7) is 12.3. The Hall–Kier alpha value is -2.21. The van der Waals surface area contributed by atoms with Crippen LogP contribution in [0.25, 0.3) is 20.2 Å². The Morgan fingerprint density at radius 2 is 1.41 bits per heavy atom. The molecule has 2 N–H and O–H groups in total. The van der Waals surface area contributed by atoms with Crippen molar-refractivity contribution in [1.82, 2.24) is 0 Å². The molecule has 0 fully saturated rings. The minimum absolute atomic E-state index is 0.0907. The maximum Gasteiger partial charge on any atom is 0.331 e. The van der Waals surface area contributed by atoms with Gasteiger partial charge in [-0.15, -0.1) is 22.7 Å². The molecule has 0 saturated heterocycles. The molecule has 2 aromatic heterocycles. The first-order chi connectivity index (χ1) is 22.9. The molecule has 0 radical (unpaired) electrons. The van der Waals surface area contributed by atoms with E-state index in [1.807, 2.05) is 46.8 Å². The molecule has 4 aromatic rings. The van der Waals surface area contributed by atoms with Crippen LogP contribution in [0, 0.1) is 11.6 Å². The molecule has 0 aliphatic carbocycles. The molecule has 0 saturated carbocycles. The van der Waals surface area contributed by atoms with E-state index in [0.717, 1.165) is 20.9 Å². The first kappa shape index (κ1) is 43.0. The van der Waals surface area contributed by atoms with Crippen molar-refractivity contribution in [2.75, 3.05) is 34.6 Å². The molecule has 0 unspecified atom stereocenters. The average molecular weight is 765 g/mol. The number of rotatable bonds is 13. The van der Waals surface area contributed by atoms with Gasteiger partial charge in [0.1, 0.15) is 23.1 Å². The minimum atomic E-state index is -4.43. The molecule has 15 heteroatoms. The number of aryl methyl sites for hydroxylation is 1. The summed E-state index contributed by atoms with van der Waals surface area (Å²) in [5, 5.41) is -0.561. The van der Waals surface area contributed by atoms with Crippen LogP contribution < -0.4 is 9.47 Å². The van der Waals surface area contributed by atoms with Crippen molar-refractivity contribution in [2.24, 2.45) is 0 Å². The maximum absolute atomic E-state index is 14.9. The van der Waals surface area contributed by atoms with Crippen LogP contribution in [0.1, 0.15) is 86.5 Å². The Labute approximate surface area is 295 Å². The number of hydrogen-bond acceptors (Lipinski definition) is 9. The third-order valence-electron chi connectivity index (χ3n) is 7.85. The van der Waals surface area contributed by atoms with Gasteiger partial charge < -0.3 is 28.3 Å². The highest BCUT2D eigenvalue weighted by molar-refractivity contribution is 7.54. The molecular weight excluding hydrogens is 716 g/mol. The van der Waals surface area contributed by atoms with Gasteiger partial charge in [-0.25, -0.2) is 8.78 Å². The minimum Gasteiger partial charge on any atom is -0.496 e. The molecule has 0 aliphatic rings. The number of thiophene rings is 2. The Morgan fingerprint density at radius 3 is 1.90 bits per heavy atom. The molecule has 0 spiro atoms. The van der Waals surface area contributed by atoms with Gasteiger partial charge in [-0.3, -0.25) is 13.9 Å². The van der Waals surface area contributed by atoms with Crippen LogP contribution in [0.3, 0.4) is 0 Å². The molecule has 0 bridgehead atoms. The molecule has 2 heterocycles. The monoisotopic (exact) mass is 764 g/mol. The summed E-state index contributed by atoms with van der Waals surface area (Å²) in [4.78, 5) is 32.4. The Bertz CT molecular complexity index is 1840. The smallest absolute Gasteiger partial charge is 0.331 e. The first-order valence-corrected chi connectivity index (χ1v) is 20.7. The molecule has 4 rings (SSSR count). The topological polar surface area (TPSA) is 129 Å². The summed E-state index contributed by atoms with van der Waals surface area (Å²) in [5.74, 6) is -0.169. The molecule has 0 aliphatic heterocycles. The number of ketones is 1. The lowest BCUT2D eigenvalue weighted by atomic mass is 9.99. The number of ether oxygens (including phenoxy) is 2. The summed E-state index contributed by atoms with van der Waals surface area (Å²) < 4.78 is 74.8. The predicted molar refractivity (Wildman–Crippen MR) is 197 cm³/mol. The van der Waals surface area contributed by atoms with E-state index in [0.29, 0.717) is 50.9 Å². The summed E-state index contributed by atoms with van der Waals surface area (Å²) in [5.41, 5.74) is 1.03. The van der Waals surface area contributed by atoms with Crippen LogP contribution in [0.4, 0.5) is 8.78 Å². The Kier molecular flexibility index (Phi) is 15.6. The maximum atomic E-state index is 14.9. The van der Waals surface area contributed by atoms with Gasteiger partial charge in [-0.2, -0.15) is 0 Å². The number of fused-ring (bicyclic) bond motifs is 2. The van der Waals surface area contributed by atoms with Crippen LogP contribution >= 0.6 is 37.9 Å². The second-order valence-corrected chi connectivity index (χ2v) is 18.7. The number of halogens is 2. The second-order valence-electron chi connectivity index (χ2n) is 11.7. The van der Waals surface area contributed by atoms with E-state index in [9.17, 15) is 32.5 Å². The fourth-order valence-corrected chi connectivity index (χ4v) is 8.56. The highest BCUT2D eigenvalue weighted by atomic mass is 32.1. The summed E-state index contributed by atoms with van der Waals surface area (Å²) in [6, 6.07) is 6.82. The lowest BCUT2D eigenvalue weighted by Crippen LogP contribution is -2.24. The van der Waals surface area contributed by atoms with Crippen LogP contribution in [0.2, 0.25) is 0 Å². The highest BCUT2D eigenvalue weighted by Gasteiger charge is 2.40. The molecule has 2 aromatic carbocycles. The van der Waals surface area contributed by atoms with Crippen molar-refractivity contribution < 1.29 is 51.0 Å². The number of carbonyl (C=O) groups is 1. The third-order valence-corrected chi connectivity index (χ3v) is 13.7. The van der Waals surface area contributed by atoms with Crippen LogP contribution in [-0.4, -0.2) is 55.3 Å². The van der Waals surface area contributed by atoms with Gasteiger partial charge in [0.05, 0.1) is 30.4 Å². The van der Waals surface area contributed by atoms with Crippen LogP contribution in [0.5, 0.6) is 11.5 Å². The zero-order valence-electron chi connectivity index (χ0n) is 29.9. The van der Waals surface area contributed by atoms with Gasteiger partial charge in [0, 0.05) is 56.8 Å². The Morgan fingerprint density at radius 1 is 0.878 bits per heavy atom. The van der Waals surface area contributed by atoms with E-state index in [1.54, 1.807) is 13.2 Å². The molecule has 0 atom stereocenters. The number of Topliss-reactive ketones (excluding diaryl/α,β-unsaturated/α-hetero) is 1. The van der Waals surface area contributed by atoms with Crippen molar-refractivity contribution in [2.45, 2.75) is 78.8 Å². The van der Waals surface area contributed by atoms with Crippen molar-refractivity contribution >= 4 is 63.8 Å². The van der Waals surface area contributed by atoms with E-state index < -0.39 is 31.9 Å². The highest BCUT2D eigenvalue weighted by Crippen LogP contribution is 2.53. The van der Waals surface area contributed by atoms with E-state index in [2.05, 4.69) is 0 Å². The zero-order chi connectivity index (χ0) is 37.5. The largest absolute Gasteiger partial charge is 0.496 e. The summed E-state index contributed by atoms with van der Waals surface area (Å²) in [7, 11) is -1.73. The van der Waals surface area contributed by atoms with Gasteiger partial charge >= 0.3 is 15.2 Å². The van der Waals surface area contributed by atoms with Crippen LogP contribution in [-0.2, 0) is 31.0 Å². The van der Waals surface area contributed by atoms with Gasteiger partial charge in [0.25, 0.3) is 0 Å². The lowest BCUT2D eigenvalue weighted by Gasteiger charge is -2.24. The SMILES string of the molecule is CC.CCc1c(OC)cc2sc(CCP(=O)(OC)OC)cc2c1F.COc1cc2sc(C(=O)CC(C)(C)P(=O)(O)O)cc2c(F)c1C(C)C. The Balaban J connectivity index is 0.000000326. The van der Waals surface area contributed by atoms with E-state index in [-0.39, 0.29) is 29.2 Å². The molecule has 9 nitrogen and oxygen atoms in total. The fourth-order valence-electron chi connectivity index (χ4n) is 4.91. The van der Waals surface area contributed by atoms with Gasteiger partial charge in [0.2, 0.25) is 0 Å². The second kappa shape index (κ2) is 17.8. The summed E-state index contributed by atoms with van der Waals surface area (Å²) >= 11 is 2.57. The third kappa shape index (κ3) is 9.98. The number of methoxy groups -OCH3 is 2. The van der Waals surface area contributed by atoms with Gasteiger partial charge in [-0.05, 0) is 56.9 Å². The molecular formula is C34H48F2O9P2S2. The normalized spacial score (nSPS) is 12.1. The molecule has 49 heavy (non-hydrogen) atoms. The standard InChI is InChI=1S/C17H22FO5PS.C15H20FO4PS.C2H6/c1-9(2)15-12(23-5)7-13-10(16(15)18)6-14(25-13)11(19)8-17(3,4)24(20,21)22;1-5-11-13(18-2)9-14-12(15(11)16)8-10(22-14)6-7-21(17,19-3)20-4;1-2/h6-7,9H,8H2,1-5H3,(H2,20,21,22);8-9H,5-7H2,1-4H3;1-2H3. The van der Waals surface area contributed by atoms with Crippen molar-refractivity contribution in [3.63, 3.8) is 0 Å². The van der Waals surface area contributed by atoms with E-state index >= 15 is 0 Å². The van der Waals surface area contributed by atoms with Crippen LogP contribution in [0.15, 0.2) is 24.3 Å². The summed E-state index contributed by atoms with van der Waals surface area (Å²) in [6.07, 6.45) is 1.03. The van der Waals surface area contributed by atoms with E-state index in [1.165, 1.54) is 52.6 Å². The van der Waals surface area contributed by atoms with Crippen molar-refractivity contribution in [3.8, 4) is 11.5 Å². The zero-order valence-corrected chi connectivity index (χ0v) is 33.4. The van der Waals surface area contributed by atoms with E-state index in [4.69, 9.17) is 18.5 Å². The first-order valence-electron chi connectivity index (χ1n) is 15.7. The predicted octanol–water partition coefficient (Wildman–Crippen LogP) is 10.4. The van der Waals surface area contributed by atoms with Gasteiger partial charge in [0.15, 0.2) is 5.78 Å². The van der Waals surface area contributed by atoms with Gasteiger partial charge in [-0.1, -0.05) is 34.6 Å². The molecule has 0 amide bonds. The lowest BCUT2D eigenvalue weighted by molar-refractivity contribution is 0.0970.